The molecule has 0 bridgehead atoms. The van der Waals surface area contributed by atoms with E-state index in [-0.39, 0.29) is 0 Å². The van der Waals surface area contributed by atoms with Gasteiger partial charge in [-0.05, 0) is 58.3 Å². The van der Waals surface area contributed by atoms with Gasteiger partial charge in [-0.2, -0.15) is 16.9 Å². The van der Waals surface area contributed by atoms with Gasteiger partial charge in [0.15, 0.2) is 5.96 Å². The van der Waals surface area contributed by atoms with Crippen LogP contribution in [0.25, 0.3) is 0 Å². The molecule has 6 heteroatoms. The minimum atomic E-state index is 0.459. The smallest absolute Gasteiger partial charge is 0.191 e. The van der Waals surface area contributed by atoms with Crippen LogP contribution in [0.15, 0.2) is 11.1 Å². The lowest BCUT2D eigenvalue weighted by molar-refractivity contribution is 0.449. The van der Waals surface area contributed by atoms with Crippen LogP contribution < -0.4 is 10.6 Å². The fourth-order valence-electron chi connectivity index (χ4n) is 3.26. The second kappa shape index (κ2) is 9.35. The Balaban J connectivity index is 1.86. The number of aromatic nitrogens is 2. The van der Waals surface area contributed by atoms with E-state index < -0.39 is 0 Å². The summed E-state index contributed by atoms with van der Waals surface area (Å²) in [6.45, 7) is 11.1. The van der Waals surface area contributed by atoms with Gasteiger partial charge in [-0.1, -0.05) is 6.92 Å². The van der Waals surface area contributed by atoms with Crippen LogP contribution in [0.3, 0.4) is 0 Å². The topological polar surface area (TPSA) is 54.2 Å². The lowest BCUT2D eigenvalue weighted by Crippen LogP contribution is -2.42. The van der Waals surface area contributed by atoms with Gasteiger partial charge in [-0.3, -0.25) is 9.67 Å². The number of thioether (sulfide) groups is 1. The summed E-state index contributed by atoms with van der Waals surface area (Å²) in [7, 11) is 0. The first kappa shape index (κ1) is 19.2. The maximum Gasteiger partial charge on any atom is 0.191 e. The van der Waals surface area contributed by atoms with Crippen molar-refractivity contribution in [2.24, 2.45) is 10.9 Å². The third-order valence-corrected chi connectivity index (χ3v) is 5.65. The predicted molar refractivity (Wildman–Crippen MR) is 105 cm³/mol. The SMILES string of the molecule is CCNC(=NCC(C)Cn1nc(C)cc1C)NC1CCC(SC)C1. The molecule has 1 heterocycles. The summed E-state index contributed by atoms with van der Waals surface area (Å²) in [5.41, 5.74) is 2.31. The first-order valence-electron chi connectivity index (χ1n) is 9.10. The molecule has 0 saturated heterocycles. The van der Waals surface area contributed by atoms with Crippen molar-refractivity contribution in [3.05, 3.63) is 17.5 Å². The maximum absolute atomic E-state index is 4.81. The van der Waals surface area contributed by atoms with E-state index in [1.165, 1.54) is 25.0 Å². The zero-order valence-electron chi connectivity index (χ0n) is 15.8. The predicted octanol–water partition coefficient (Wildman–Crippen LogP) is 2.98. The summed E-state index contributed by atoms with van der Waals surface area (Å²) >= 11 is 1.99. The zero-order valence-corrected chi connectivity index (χ0v) is 16.6. The van der Waals surface area contributed by atoms with E-state index in [1.807, 2.05) is 18.7 Å². The Labute approximate surface area is 151 Å². The first-order chi connectivity index (χ1) is 11.5. The Bertz CT molecular complexity index is 540. The van der Waals surface area contributed by atoms with E-state index in [9.17, 15) is 0 Å². The highest BCUT2D eigenvalue weighted by atomic mass is 32.2. The molecule has 3 unspecified atom stereocenters. The van der Waals surface area contributed by atoms with Gasteiger partial charge in [0.05, 0.1) is 5.69 Å². The summed E-state index contributed by atoms with van der Waals surface area (Å²) < 4.78 is 2.09. The van der Waals surface area contributed by atoms with Crippen molar-refractivity contribution in [1.29, 1.82) is 0 Å². The van der Waals surface area contributed by atoms with Crippen molar-refractivity contribution >= 4 is 17.7 Å². The minimum Gasteiger partial charge on any atom is -0.357 e. The number of hydrogen-bond donors (Lipinski definition) is 2. The normalized spacial score (nSPS) is 22.6. The molecule has 1 aliphatic rings. The molecule has 0 amide bonds. The number of nitrogens with one attached hydrogen (secondary N) is 2. The Kier molecular flexibility index (Phi) is 7.46. The Morgan fingerprint density at radius 1 is 1.46 bits per heavy atom. The molecule has 0 aromatic carbocycles. The van der Waals surface area contributed by atoms with E-state index in [1.54, 1.807) is 0 Å². The fraction of sp³-hybridized carbons (Fsp3) is 0.778. The molecule has 0 aliphatic heterocycles. The highest BCUT2D eigenvalue weighted by molar-refractivity contribution is 7.99. The molecule has 1 aliphatic carbocycles. The number of aliphatic imine (C=N–C) groups is 1. The van der Waals surface area contributed by atoms with E-state index in [2.05, 4.69) is 53.5 Å². The molecule has 136 valence electrons. The molecule has 5 nitrogen and oxygen atoms in total. The van der Waals surface area contributed by atoms with Crippen LogP contribution in [-0.2, 0) is 6.54 Å². The molecule has 0 spiro atoms. The monoisotopic (exact) mass is 351 g/mol. The van der Waals surface area contributed by atoms with E-state index in [4.69, 9.17) is 4.99 Å². The highest BCUT2D eigenvalue weighted by Crippen LogP contribution is 2.28. The van der Waals surface area contributed by atoms with Crippen LogP contribution in [0.2, 0.25) is 0 Å². The second-order valence-electron chi connectivity index (χ2n) is 6.95. The van der Waals surface area contributed by atoms with Crippen molar-refractivity contribution in [3.63, 3.8) is 0 Å². The summed E-state index contributed by atoms with van der Waals surface area (Å²) in [6.07, 6.45) is 6.02. The average molecular weight is 352 g/mol. The number of guanidine groups is 1. The van der Waals surface area contributed by atoms with E-state index in [0.717, 1.165) is 36.5 Å². The van der Waals surface area contributed by atoms with Gasteiger partial charge in [0.1, 0.15) is 0 Å². The summed E-state index contributed by atoms with van der Waals surface area (Å²) in [5, 5.41) is 12.4. The van der Waals surface area contributed by atoms with Crippen molar-refractivity contribution < 1.29 is 0 Å². The van der Waals surface area contributed by atoms with Crippen LogP contribution in [0.1, 0.15) is 44.5 Å². The summed E-state index contributed by atoms with van der Waals surface area (Å²) in [5.74, 6) is 1.42. The van der Waals surface area contributed by atoms with Gasteiger partial charge >= 0.3 is 0 Å². The number of nitrogens with zero attached hydrogens (tertiary/aromatic N) is 3. The molecular formula is C18H33N5S. The van der Waals surface area contributed by atoms with E-state index in [0.29, 0.717) is 12.0 Å². The van der Waals surface area contributed by atoms with Crippen LogP contribution in [0.5, 0.6) is 0 Å². The molecule has 0 radical (unpaired) electrons. The van der Waals surface area contributed by atoms with Gasteiger partial charge in [0, 0.05) is 36.6 Å². The van der Waals surface area contributed by atoms with Gasteiger partial charge in [-0.15, -0.1) is 0 Å². The number of aryl methyl sites for hydroxylation is 2. The van der Waals surface area contributed by atoms with Crippen LogP contribution in [-0.4, -0.2) is 46.4 Å². The fourth-order valence-corrected chi connectivity index (χ4v) is 4.06. The number of hydrogen-bond acceptors (Lipinski definition) is 3. The summed E-state index contributed by atoms with van der Waals surface area (Å²) in [6, 6.07) is 2.69. The highest BCUT2D eigenvalue weighted by Gasteiger charge is 2.24. The zero-order chi connectivity index (χ0) is 17.5. The van der Waals surface area contributed by atoms with Crippen molar-refractivity contribution in [3.8, 4) is 0 Å². The van der Waals surface area contributed by atoms with E-state index >= 15 is 0 Å². The van der Waals surface area contributed by atoms with Gasteiger partial charge in [-0.25, -0.2) is 0 Å². The largest absolute Gasteiger partial charge is 0.357 e. The maximum atomic E-state index is 4.81. The van der Waals surface area contributed by atoms with Crippen molar-refractivity contribution in [2.75, 3.05) is 19.3 Å². The van der Waals surface area contributed by atoms with Gasteiger partial charge in [0.2, 0.25) is 0 Å². The van der Waals surface area contributed by atoms with Gasteiger partial charge in [0.25, 0.3) is 0 Å². The lowest BCUT2D eigenvalue weighted by atomic mass is 10.2. The molecule has 2 rings (SSSR count). The quantitative estimate of drug-likeness (QED) is 0.586. The Hall–Kier alpha value is -1.17. The molecule has 1 fully saturated rings. The Morgan fingerprint density at radius 3 is 2.83 bits per heavy atom. The van der Waals surface area contributed by atoms with Crippen molar-refractivity contribution in [1.82, 2.24) is 20.4 Å². The second-order valence-corrected chi connectivity index (χ2v) is 8.08. The number of rotatable bonds is 7. The Morgan fingerprint density at radius 2 is 2.25 bits per heavy atom. The third-order valence-electron chi connectivity index (χ3n) is 4.55. The summed E-state index contributed by atoms with van der Waals surface area (Å²) in [4.78, 5) is 4.81. The first-order valence-corrected chi connectivity index (χ1v) is 10.4. The molecule has 24 heavy (non-hydrogen) atoms. The van der Waals surface area contributed by atoms with Crippen LogP contribution >= 0.6 is 11.8 Å². The molecule has 2 N–H and O–H groups in total. The average Bonchev–Trinajstić information content (AvgIpc) is 3.11. The molecule has 1 saturated carbocycles. The molecule has 1 aromatic rings. The van der Waals surface area contributed by atoms with Gasteiger partial charge < -0.3 is 10.6 Å². The molecule has 1 aromatic heterocycles. The lowest BCUT2D eigenvalue weighted by Gasteiger charge is -2.18. The third kappa shape index (κ3) is 5.72. The van der Waals surface area contributed by atoms with Crippen LogP contribution in [0.4, 0.5) is 0 Å². The molecular weight excluding hydrogens is 318 g/mol. The standard InChI is InChI=1S/C18H33N5S/c1-6-19-18(21-16-7-8-17(10-16)24-5)20-11-13(2)12-23-15(4)9-14(3)22-23/h9,13,16-17H,6-8,10-12H2,1-5H3,(H2,19,20,21). The van der Waals surface area contributed by atoms with Crippen molar-refractivity contribution in [2.45, 2.75) is 64.8 Å². The molecule has 3 atom stereocenters. The van der Waals surface area contributed by atoms with Crippen LogP contribution in [0, 0.1) is 19.8 Å². The minimum absolute atomic E-state index is 0.459.